The van der Waals surface area contributed by atoms with E-state index in [2.05, 4.69) is 5.32 Å². The van der Waals surface area contributed by atoms with E-state index >= 15 is 0 Å². The van der Waals surface area contributed by atoms with Crippen molar-refractivity contribution in [3.63, 3.8) is 0 Å². The second kappa shape index (κ2) is 3.79. The molecule has 1 fully saturated rings. The van der Waals surface area contributed by atoms with Crippen molar-refractivity contribution in [1.82, 2.24) is 10.2 Å². The molecule has 1 aliphatic rings. The van der Waals surface area contributed by atoms with Gasteiger partial charge in [0.2, 0.25) is 0 Å². The Labute approximate surface area is 84.2 Å². The van der Waals surface area contributed by atoms with Gasteiger partial charge in [-0.2, -0.15) is 0 Å². The van der Waals surface area contributed by atoms with Crippen LogP contribution < -0.4 is 5.32 Å². The van der Waals surface area contributed by atoms with Crippen LogP contribution in [0.3, 0.4) is 0 Å². The van der Waals surface area contributed by atoms with Gasteiger partial charge in [0.05, 0.1) is 11.5 Å². The molecule has 1 aliphatic heterocycles. The van der Waals surface area contributed by atoms with Gasteiger partial charge in [-0.3, -0.25) is 0 Å². The minimum Gasteiger partial charge on any atom is -0.366 e. The van der Waals surface area contributed by atoms with Gasteiger partial charge in [-0.25, -0.2) is 8.42 Å². The third-order valence-corrected chi connectivity index (χ3v) is 4.38. The molecule has 13 heavy (non-hydrogen) atoms. The van der Waals surface area contributed by atoms with Crippen molar-refractivity contribution in [2.24, 2.45) is 0 Å². The van der Waals surface area contributed by atoms with Gasteiger partial charge in [0, 0.05) is 19.6 Å². The first-order chi connectivity index (χ1) is 5.96. The third kappa shape index (κ3) is 2.54. The van der Waals surface area contributed by atoms with Crippen molar-refractivity contribution in [1.29, 1.82) is 0 Å². The number of hydrogen-bond donors (Lipinski definition) is 1. The Balaban J connectivity index is 2.69. The summed E-state index contributed by atoms with van der Waals surface area (Å²) in [5, 5.41) is 3.48. The molecule has 1 saturated heterocycles. The van der Waals surface area contributed by atoms with E-state index in [0.717, 1.165) is 0 Å². The van der Waals surface area contributed by atoms with E-state index in [1.54, 1.807) is 7.05 Å². The van der Waals surface area contributed by atoms with Gasteiger partial charge in [0.1, 0.15) is 0 Å². The van der Waals surface area contributed by atoms with Gasteiger partial charge in [-0.1, -0.05) is 0 Å². The van der Waals surface area contributed by atoms with E-state index in [1.165, 1.54) is 0 Å². The quantitative estimate of drug-likeness (QED) is 0.566. The van der Waals surface area contributed by atoms with E-state index < -0.39 is 9.84 Å². The van der Waals surface area contributed by atoms with Gasteiger partial charge < -0.3 is 10.2 Å². The van der Waals surface area contributed by atoms with Crippen molar-refractivity contribution in [2.45, 2.75) is 13.0 Å². The maximum absolute atomic E-state index is 11.2. The summed E-state index contributed by atoms with van der Waals surface area (Å²) in [4.78, 5) is 1.91. The molecule has 1 atom stereocenters. The van der Waals surface area contributed by atoms with Crippen molar-refractivity contribution in [2.75, 3.05) is 25.1 Å². The van der Waals surface area contributed by atoms with E-state index in [1.807, 2.05) is 11.8 Å². The number of hydrogen-bond acceptors (Lipinski definition) is 3. The van der Waals surface area contributed by atoms with Gasteiger partial charge in [-0.05, 0) is 19.1 Å². The average Bonchev–Trinajstić information content (AvgIpc) is 2.01. The first-order valence-corrected chi connectivity index (χ1v) is 6.38. The normalized spacial score (nSPS) is 26.9. The Morgan fingerprint density at radius 1 is 1.62 bits per heavy atom. The monoisotopic (exact) mass is 222 g/mol. The molecule has 0 aromatic heterocycles. The smallest absolute Gasteiger partial charge is 0.168 e. The molecule has 4 nitrogen and oxygen atoms in total. The first kappa shape index (κ1) is 10.7. The van der Waals surface area contributed by atoms with Gasteiger partial charge in [0.25, 0.3) is 0 Å². The van der Waals surface area contributed by atoms with Gasteiger partial charge >= 0.3 is 0 Å². The molecule has 0 bridgehead atoms. The van der Waals surface area contributed by atoms with Gasteiger partial charge in [-0.15, -0.1) is 0 Å². The lowest BCUT2D eigenvalue weighted by Gasteiger charge is -2.34. The van der Waals surface area contributed by atoms with E-state index in [4.69, 9.17) is 12.2 Å². The van der Waals surface area contributed by atoms with Crippen molar-refractivity contribution >= 4 is 27.2 Å². The maximum atomic E-state index is 11.2. The van der Waals surface area contributed by atoms with Crippen LogP contribution >= 0.6 is 12.2 Å². The zero-order valence-corrected chi connectivity index (χ0v) is 9.41. The third-order valence-electron chi connectivity index (χ3n) is 2.15. The molecule has 1 unspecified atom stereocenters. The zero-order chi connectivity index (χ0) is 10.1. The lowest BCUT2D eigenvalue weighted by molar-refractivity contribution is 0.350. The van der Waals surface area contributed by atoms with Crippen LogP contribution in [0.15, 0.2) is 0 Å². The molecule has 0 spiro atoms. The molecule has 1 rings (SSSR count). The van der Waals surface area contributed by atoms with Crippen LogP contribution in [-0.2, 0) is 9.84 Å². The zero-order valence-electron chi connectivity index (χ0n) is 7.78. The fourth-order valence-corrected chi connectivity index (χ4v) is 3.27. The van der Waals surface area contributed by atoms with Crippen LogP contribution in [-0.4, -0.2) is 49.6 Å². The summed E-state index contributed by atoms with van der Waals surface area (Å²) in [6, 6.07) is -0.0151. The summed E-state index contributed by atoms with van der Waals surface area (Å²) in [7, 11) is -1.09. The number of thiocarbonyl (C=S) groups is 1. The lowest BCUT2D eigenvalue weighted by atomic mass is 10.3. The highest BCUT2D eigenvalue weighted by Gasteiger charge is 2.28. The molecule has 0 aromatic rings. The Bertz CT molecular complexity index is 300. The van der Waals surface area contributed by atoms with Crippen molar-refractivity contribution in [3.05, 3.63) is 0 Å². The minimum atomic E-state index is -2.84. The predicted molar refractivity (Wildman–Crippen MR) is 56.5 cm³/mol. The largest absolute Gasteiger partial charge is 0.366 e. The Hall–Kier alpha value is -0.360. The van der Waals surface area contributed by atoms with E-state index in [-0.39, 0.29) is 17.5 Å². The summed E-state index contributed by atoms with van der Waals surface area (Å²) in [6.45, 7) is 2.38. The fourth-order valence-electron chi connectivity index (χ4n) is 1.44. The summed E-state index contributed by atoms with van der Waals surface area (Å²) in [5.41, 5.74) is 0. The molecular formula is C7H14N2O2S2. The summed E-state index contributed by atoms with van der Waals surface area (Å²) < 4.78 is 22.5. The number of rotatable bonds is 0. The maximum Gasteiger partial charge on any atom is 0.168 e. The second-order valence-electron chi connectivity index (χ2n) is 3.21. The van der Waals surface area contributed by atoms with Crippen molar-refractivity contribution < 1.29 is 8.42 Å². The highest BCUT2D eigenvalue weighted by Crippen LogP contribution is 2.11. The molecule has 0 saturated carbocycles. The number of sulfone groups is 1. The predicted octanol–water partition coefficient (Wildman–Crippen LogP) is -0.390. The second-order valence-corrected chi connectivity index (χ2v) is 5.83. The first-order valence-electron chi connectivity index (χ1n) is 4.15. The molecule has 0 aromatic carbocycles. The molecular weight excluding hydrogens is 208 g/mol. The van der Waals surface area contributed by atoms with Crippen molar-refractivity contribution in [3.8, 4) is 0 Å². The summed E-state index contributed by atoms with van der Waals surface area (Å²) in [5.74, 6) is 0.411. The summed E-state index contributed by atoms with van der Waals surface area (Å²) >= 11 is 5.05. The van der Waals surface area contributed by atoms with Crippen LogP contribution in [0.2, 0.25) is 0 Å². The van der Waals surface area contributed by atoms with E-state index in [9.17, 15) is 8.42 Å². The van der Waals surface area contributed by atoms with Crippen LogP contribution in [0.1, 0.15) is 6.92 Å². The molecule has 1 N–H and O–H groups in total. The number of nitrogens with zero attached hydrogens (tertiary/aromatic N) is 1. The standard InChI is InChI=1S/C7H14N2O2S2/c1-6-5-13(10,11)4-3-9(6)7(12)8-2/h6H,3-5H2,1-2H3,(H,8,12). The Morgan fingerprint density at radius 3 is 2.69 bits per heavy atom. The molecule has 6 heteroatoms. The topological polar surface area (TPSA) is 49.4 Å². The van der Waals surface area contributed by atoms with E-state index in [0.29, 0.717) is 11.7 Å². The van der Waals surface area contributed by atoms with Crippen LogP contribution in [0.25, 0.3) is 0 Å². The Kier molecular flexibility index (Phi) is 3.13. The number of nitrogens with one attached hydrogen (secondary N) is 1. The molecule has 0 aliphatic carbocycles. The van der Waals surface area contributed by atoms with Crippen LogP contribution in [0.4, 0.5) is 0 Å². The van der Waals surface area contributed by atoms with Crippen LogP contribution in [0, 0.1) is 0 Å². The highest BCUT2D eigenvalue weighted by atomic mass is 32.2. The highest BCUT2D eigenvalue weighted by molar-refractivity contribution is 7.91. The minimum absolute atomic E-state index is 0.0151. The SMILES string of the molecule is CNC(=S)N1CCS(=O)(=O)CC1C. The average molecular weight is 222 g/mol. The van der Waals surface area contributed by atoms with Crippen LogP contribution in [0.5, 0.6) is 0 Å². The Morgan fingerprint density at radius 2 is 2.23 bits per heavy atom. The summed E-state index contributed by atoms with van der Waals surface area (Å²) in [6.07, 6.45) is 0. The van der Waals surface area contributed by atoms with Gasteiger partial charge in [0.15, 0.2) is 14.9 Å². The molecule has 1 heterocycles. The molecule has 76 valence electrons. The fraction of sp³-hybridized carbons (Fsp3) is 0.857. The lowest BCUT2D eigenvalue weighted by Crippen LogP contribution is -2.52. The molecule has 0 amide bonds. The molecule has 0 radical (unpaired) electrons.